The predicted molar refractivity (Wildman–Crippen MR) is 106 cm³/mol. The fourth-order valence-electron chi connectivity index (χ4n) is 2.77. The Morgan fingerprint density at radius 2 is 1.64 bits per heavy atom. The van der Waals surface area contributed by atoms with Crippen LogP contribution in [0.15, 0.2) is 42.5 Å². The molecule has 0 atom stereocenters. The molecule has 0 aromatic heterocycles. The standard InChI is InChI=1S/C20H18ClN3O4/c1-2-17(25)22-13-5-8-15(21)16(11-13)23-20(28)12-3-6-14(7-4-12)24-18(26)9-10-19(24)27/h3-8,11H,2,9-10H2,1H3,(H,22,25)(H,23,28). The Balaban J connectivity index is 1.74. The molecule has 1 saturated heterocycles. The maximum absolute atomic E-state index is 12.5. The van der Waals surface area contributed by atoms with Crippen molar-refractivity contribution in [3.63, 3.8) is 0 Å². The van der Waals surface area contributed by atoms with Crippen molar-refractivity contribution in [3.05, 3.63) is 53.1 Å². The molecule has 0 unspecified atom stereocenters. The third-order valence-corrected chi connectivity index (χ3v) is 4.59. The van der Waals surface area contributed by atoms with Gasteiger partial charge in [0.15, 0.2) is 0 Å². The van der Waals surface area contributed by atoms with Crippen LogP contribution in [0.1, 0.15) is 36.5 Å². The van der Waals surface area contributed by atoms with E-state index in [9.17, 15) is 19.2 Å². The monoisotopic (exact) mass is 399 g/mol. The quantitative estimate of drug-likeness (QED) is 0.751. The molecule has 7 nitrogen and oxygen atoms in total. The Morgan fingerprint density at radius 3 is 2.25 bits per heavy atom. The highest BCUT2D eigenvalue weighted by atomic mass is 35.5. The first-order valence-corrected chi connectivity index (χ1v) is 9.13. The van der Waals surface area contributed by atoms with E-state index in [1.807, 2.05) is 0 Å². The van der Waals surface area contributed by atoms with Gasteiger partial charge in [-0.15, -0.1) is 0 Å². The smallest absolute Gasteiger partial charge is 0.255 e. The lowest BCUT2D eigenvalue weighted by Gasteiger charge is -2.14. The molecular formula is C20H18ClN3O4. The molecule has 2 aromatic carbocycles. The van der Waals surface area contributed by atoms with Gasteiger partial charge in [-0.25, -0.2) is 0 Å². The maximum atomic E-state index is 12.5. The SMILES string of the molecule is CCC(=O)Nc1ccc(Cl)c(NC(=O)c2ccc(N3C(=O)CCC3=O)cc2)c1. The molecule has 1 aliphatic rings. The molecule has 1 fully saturated rings. The van der Waals surface area contributed by atoms with E-state index in [4.69, 9.17) is 11.6 Å². The van der Waals surface area contributed by atoms with Crippen molar-refractivity contribution in [1.82, 2.24) is 0 Å². The van der Waals surface area contributed by atoms with Gasteiger partial charge in [0.05, 0.1) is 16.4 Å². The van der Waals surface area contributed by atoms with E-state index in [0.29, 0.717) is 34.1 Å². The Labute approximate surface area is 166 Å². The summed E-state index contributed by atoms with van der Waals surface area (Å²) in [4.78, 5) is 48.7. The van der Waals surface area contributed by atoms with E-state index >= 15 is 0 Å². The molecule has 8 heteroatoms. The number of halogens is 1. The minimum atomic E-state index is -0.411. The summed E-state index contributed by atoms with van der Waals surface area (Å²) in [6.45, 7) is 1.74. The molecular weight excluding hydrogens is 382 g/mol. The van der Waals surface area contributed by atoms with E-state index in [2.05, 4.69) is 10.6 Å². The van der Waals surface area contributed by atoms with Crippen molar-refractivity contribution < 1.29 is 19.2 Å². The molecule has 0 aliphatic carbocycles. The minimum Gasteiger partial charge on any atom is -0.326 e. The lowest BCUT2D eigenvalue weighted by molar-refractivity contribution is -0.121. The highest BCUT2D eigenvalue weighted by Gasteiger charge is 2.30. The lowest BCUT2D eigenvalue weighted by atomic mass is 10.1. The summed E-state index contributed by atoms with van der Waals surface area (Å²) in [7, 11) is 0. The van der Waals surface area contributed by atoms with Crippen molar-refractivity contribution in [1.29, 1.82) is 0 Å². The first-order valence-electron chi connectivity index (χ1n) is 8.75. The van der Waals surface area contributed by atoms with Crippen LogP contribution in [0, 0.1) is 0 Å². The minimum absolute atomic E-state index is 0.152. The summed E-state index contributed by atoms with van der Waals surface area (Å²) < 4.78 is 0. The number of imide groups is 1. The molecule has 0 spiro atoms. The van der Waals surface area contributed by atoms with Crippen LogP contribution in [-0.2, 0) is 14.4 Å². The van der Waals surface area contributed by atoms with Crippen molar-refractivity contribution >= 4 is 52.3 Å². The van der Waals surface area contributed by atoms with Gasteiger partial charge in [0, 0.05) is 30.5 Å². The van der Waals surface area contributed by atoms with Gasteiger partial charge in [-0.1, -0.05) is 18.5 Å². The highest BCUT2D eigenvalue weighted by molar-refractivity contribution is 6.34. The molecule has 0 saturated carbocycles. The number of anilines is 3. The number of benzene rings is 2. The number of hydrogen-bond donors (Lipinski definition) is 2. The summed E-state index contributed by atoms with van der Waals surface area (Å²) in [6.07, 6.45) is 0.730. The number of amides is 4. The molecule has 4 amide bonds. The molecule has 3 rings (SSSR count). The second-order valence-electron chi connectivity index (χ2n) is 6.22. The number of carbonyl (C=O) groups is 4. The number of hydrogen-bond acceptors (Lipinski definition) is 4. The normalized spacial score (nSPS) is 13.6. The molecule has 0 radical (unpaired) electrons. The van der Waals surface area contributed by atoms with Crippen LogP contribution in [0.25, 0.3) is 0 Å². The van der Waals surface area contributed by atoms with Crippen molar-refractivity contribution in [2.24, 2.45) is 0 Å². The van der Waals surface area contributed by atoms with E-state index in [-0.39, 0.29) is 30.6 Å². The molecule has 2 aromatic rings. The van der Waals surface area contributed by atoms with Crippen molar-refractivity contribution in [2.75, 3.05) is 15.5 Å². The van der Waals surface area contributed by atoms with Crippen LogP contribution >= 0.6 is 11.6 Å². The number of rotatable bonds is 5. The number of carbonyl (C=O) groups excluding carboxylic acids is 4. The lowest BCUT2D eigenvalue weighted by Crippen LogP contribution is -2.28. The van der Waals surface area contributed by atoms with Gasteiger partial charge in [-0.2, -0.15) is 0 Å². The zero-order valence-electron chi connectivity index (χ0n) is 15.1. The summed E-state index contributed by atoms with van der Waals surface area (Å²) in [5.41, 5.74) is 1.65. The van der Waals surface area contributed by atoms with Gasteiger partial charge in [-0.05, 0) is 42.5 Å². The van der Waals surface area contributed by atoms with Crippen LogP contribution in [0.5, 0.6) is 0 Å². The van der Waals surface area contributed by atoms with Crippen LogP contribution in [0.4, 0.5) is 17.1 Å². The summed E-state index contributed by atoms with van der Waals surface area (Å²) in [6, 6.07) is 11.0. The van der Waals surface area contributed by atoms with Gasteiger partial charge in [-0.3, -0.25) is 24.1 Å². The van der Waals surface area contributed by atoms with E-state index in [0.717, 1.165) is 4.90 Å². The maximum Gasteiger partial charge on any atom is 0.255 e. The Kier molecular flexibility index (Phi) is 5.75. The molecule has 1 heterocycles. The van der Waals surface area contributed by atoms with Crippen LogP contribution < -0.4 is 15.5 Å². The van der Waals surface area contributed by atoms with E-state index in [1.54, 1.807) is 37.3 Å². The van der Waals surface area contributed by atoms with Crippen molar-refractivity contribution in [2.45, 2.75) is 26.2 Å². The Morgan fingerprint density at radius 1 is 1.00 bits per heavy atom. The summed E-state index contributed by atoms with van der Waals surface area (Å²) >= 11 is 6.13. The second-order valence-corrected chi connectivity index (χ2v) is 6.63. The van der Waals surface area contributed by atoms with Gasteiger partial charge < -0.3 is 10.6 Å². The van der Waals surface area contributed by atoms with Gasteiger partial charge in [0.25, 0.3) is 5.91 Å². The van der Waals surface area contributed by atoms with Gasteiger partial charge in [0.1, 0.15) is 0 Å². The number of nitrogens with one attached hydrogen (secondary N) is 2. The van der Waals surface area contributed by atoms with Crippen LogP contribution in [0.3, 0.4) is 0 Å². The Bertz CT molecular complexity index is 940. The average Bonchev–Trinajstić information content (AvgIpc) is 3.02. The van der Waals surface area contributed by atoms with E-state index in [1.165, 1.54) is 12.1 Å². The molecule has 1 aliphatic heterocycles. The van der Waals surface area contributed by atoms with Gasteiger partial charge in [0.2, 0.25) is 17.7 Å². The third-order valence-electron chi connectivity index (χ3n) is 4.26. The summed E-state index contributed by atoms with van der Waals surface area (Å²) in [5.74, 6) is -1.06. The van der Waals surface area contributed by atoms with Gasteiger partial charge >= 0.3 is 0 Å². The zero-order valence-corrected chi connectivity index (χ0v) is 15.9. The number of nitrogens with zero attached hydrogens (tertiary/aromatic N) is 1. The first kappa shape index (κ1) is 19.6. The topological polar surface area (TPSA) is 95.6 Å². The van der Waals surface area contributed by atoms with Crippen LogP contribution in [-0.4, -0.2) is 23.6 Å². The largest absolute Gasteiger partial charge is 0.326 e. The Hall–Kier alpha value is -3.19. The highest BCUT2D eigenvalue weighted by Crippen LogP contribution is 2.27. The first-order chi connectivity index (χ1) is 13.4. The van der Waals surface area contributed by atoms with Crippen molar-refractivity contribution in [3.8, 4) is 0 Å². The fraction of sp³-hybridized carbons (Fsp3) is 0.200. The molecule has 144 valence electrons. The van der Waals surface area contributed by atoms with E-state index < -0.39 is 5.91 Å². The molecule has 2 N–H and O–H groups in total. The predicted octanol–water partition coefficient (Wildman–Crippen LogP) is 3.59. The summed E-state index contributed by atoms with van der Waals surface area (Å²) in [5, 5.41) is 5.72. The third kappa shape index (κ3) is 4.20. The second kappa shape index (κ2) is 8.22. The molecule has 28 heavy (non-hydrogen) atoms. The average molecular weight is 400 g/mol. The van der Waals surface area contributed by atoms with Crippen LogP contribution in [0.2, 0.25) is 5.02 Å². The molecule has 0 bridgehead atoms. The fourth-order valence-corrected chi connectivity index (χ4v) is 2.93. The zero-order chi connectivity index (χ0) is 20.3.